The topological polar surface area (TPSA) is 40.5 Å². The van der Waals surface area contributed by atoms with E-state index in [2.05, 4.69) is 13.8 Å². The monoisotopic (exact) mass is 275 g/mol. The van der Waals surface area contributed by atoms with Crippen LogP contribution in [0.2, 0.25) is 0 Å². The minimum Gasteiger partial charge on any atom is -0.508 e. The Bertz CT molecular complexity index is 498. The van der Waals surface area contributed by atoms with Crippen molar-refractivity contribution in [2.45, 2.75) is 52.5 Å². The van der Waals surface area contributed by atoms with Gasteiger partial charge in [-0.05, 0) is 55.7 Å². The largest absolute Gasteiger partial charge is 0.508 e. The first-order valence-corrected chi connectivity index (χ1v) is 7.37. The number of rotatable bonds is 2. The van der Waals surface area contributed by atoms with Crippen LogP contribution in [0.5, 0.6) is 5.75 Å². The number of carbonyl (C=O) groups excluding carboxylic acids is 1. The summed E-state index contributed by atoms with van der Waals surface area (Å²) in [4.78, 5) is 14.3. The van der Waals surface area contributed by atoms with Crippen molar-refractivity contribution in [1.82, 2.24) is 4.90 Å². The van der Waals surface area contributed by atoms with E-state index in [1.165, 1.54) is 0 Å². The Morgan fingerprint density at radius 1 is 1.30 bits per heavy atom. The predicted molar refractivity (Wildman–Crippen MR) is 81.0 cm³/mol. The van der Waals surface area contributed by atoms with E-state index in [0.29, 0.717) is 17.0 Å². The number of hydrogen-bond donors (Lipinski definition) is 1. The molecule has 1 aliphatic rings. The average molecular weight is 275 g/mol. The molecule has 1 aromatic rings. The lowest BCUT2D eigenvalue weighted by Gasteiger charge is -2.38. The van der Waals surface area contributed by atoms with Gasteiger partial charge in [-0.25, -0.2) is 0 Å². The highest BCUT2D eigenvalue weighted by molar-refractivity contribution is 5.94. The maximum atomic E-state index is 12.5. The third kappa shape index (κ3) is 3.14. The molecule has 3 heteroatoms. The number of amides is 1. The lowest BCUT2D eigenvalue weighted by Crippen LogP contribution is -2.40. The van der Waals surface area contributed by atoms with Crippen molar-refractivity contribution in [3.63, 3.8) is 0 Å². The quantitative estimate of drug-likeness (QED) is 0.893. The molecule has 0 atom stereocenters. The van der Waals surface area contributed by atoms with Crippen LogP contribution in [0.15, 0.2) is 18.2 Å². The van der Waals surface area contributed by atoms with E-state index in [1.54, 1.807) is 18.2 Å². The summed E-state index contributed by atoms with van der Waals surface area (Å²) >= 11 is 0. The third-order valence-electron chi connectivity index (χ3n) is 4.63. The summed E-state index contributed by atoms with van der Waals surface area (Å²) in [5.74, 6) is 0.194. The summed E-state index contributed by atoms with van der Waals surface area (Å²) in [5, 5.41) is 9.74. The highest BCUT2D eigenvalue weighted by atomic mass is 16.3. The molecule has 1 amide bonds. The molecule has 0 aromatic heterocycles. The predicted octanol–water partition coefficient (Wildman–Crippen LogP) is 3.74. The molecule has 0 heterocycles. The van der Waals surface area contributed by atoms with Gasteiger partial charge in [-0.1, -0.05) is 19.9 Å². The fraction of sp³-hybridized carbons (Fsp3) is 0.588. The van der Waals surface area contributed by atoms with E-state index >= 15 is 0 Å². The molecule has 20 heavy (non-hydrogen) atoms. The fourth-order valence-corrected chi connectivity index (χ4v) is 2.88. The highest BCUT2D eigenvalue weighted by Gasteiger charge is 2.30. The van der Waals surface area contributed by atoms with Crippen LogP contribution in [0.25, 0.3) is 0 Å². The molecule has 0 aliphatic heterocycles. The second-order valence-corrected chi connectivity index (χ2v) is 6.81. The van der Waals surface area contributed by atoms with Crippen molar-refractivity contribution in [2.75, 3.05) is 7.05 Å². The van der Waals surface area contributed by atoms with E-state index < -0.39 is 0 Å². The first kappa shape index (κ1) is 14.9. The number of nitrogens with zero attached hydrogens (tertiary/aromatic N) is 1. The molecule has 1 saturated carbocycles. The van der Waals surface area contributed by atoms with Crippen LogP contribution in [-0.4, -0.2) is 29.0 Å². The molecule has 110 valence electrons. The molecule has 0 bridgehead atoms. The summed E-state index contributed by atoms with van der Waals surface area (Å²) < 4.78 is 0. The van der Waals surface area contributed by atoms with Crippen LogP contribution in [0.1, 0.15) is 55.5 Å². The Kier molecular flexibility index (Phi) is 4.07. The van der Waals surface area contributed by atoms with Crippen LogP contribution in [-0.2, 0) is 0 Å². The van der Waals surface area contributed by atoms with Crippen molar-refractivity contribution in [3.05, 3.63) is 29.3 Å². The number of hydrogen-bond acceptors (Lipinski definition) is 2. The van der Waals surface area contributed by atoms with Gasteiger partial charge >= 0.3 is 0 Å². The van der Waals surface area contributed by atoms with Crippen molar-refractivity contribution in [3.8, 4) is 5.75 Å². The van der Waals surface area contributed by atoms with Gasteiger partial charge in [0.1, 0.15) is 5.75 Å². The van der Waals surface area contributed by atoms with Gasteiger partial charge in [0.15, 0.2) is 0 Å². The number of phenols is 1. The van der Waals surface area contributed by atoms with Crippen LogP contribution < -0.4 is 0 Å². The van der Waals surface area contributed by atoms with Crippen molar-refractivity contribution < 1.29 is 9.90 Å². The normalized spacial score (nSPS) is 18.8. The maximum Gasteiger partial charge on any atom is 0.253 e. The van der Waals surface area contributed by atoms with E-state index in [9.17, 15) is 9.90 Å². The van der Waals surface area contributed by atoms with Gasteiger partial charge in [0.05, 0.1) is 0 Å². The van der Waals surface area contributed by atoms with Crippen molar-refractivity contribution in [2.24, 2.45) is 5.41 Å². The van der Waals surface area contributed by atoms with Gasteiger partial charge in [0.25, 0.3) is 5.91 Å². The van der Waals surface area contributed by atoms with E-state index in [1.807, 2.05) is 18.9 Å². The molecule has 1 aromatic carbocycles. The molecule has 1 fully saturated rings. The molecule has 0 unspecified atom stereocenters. The second-order valence-electron chi connectivity index (χ2n) is 6.81. The minimum atomic E-state index is 0.00464. The Labute approximate surface area is 121 Å². The van der Waals surface area contributed by atoms with Crippen LogP contribution in [0.3, 0.4) is 0 Å². The lowest BCUT2D eigenvalue weighted by atomic mass is 9.75. The summed E-state index contributed by atoms with van der Waals surface area (Å²) in [6.07, 6.45) is 4.45. The zero-order valence-corrected chi connectivity index (χ0v) is 12.9. The van der Waals surface area contributed by atoms with Crippen molar-refractivity contribution >= 4 is 5.91 Å². The van der Waals surface area contributed by atoms with Gasteiger partial charge in [-0.3, -0.25) is 4.79 Å². The SMILES string of the molecule is Cc1ccc(C(=O)N(C)C2CCC(C)(C)CC2)cc1O. The number of aryl methyl sites for hydroxylation is 1. The van der Waals surface area contributed by atoms with Gasteiger partial charge in [0, 0.05) is 18.7 Å². The minimum absolute atomic E-state index is 0.00464. The molecule has 1 aliphatic carbocycles. The smallest absolute Gasteiger partial charge is 0.253 e. The number of aromatic hydroxyl groups is 1. The van der Waals surface area contributed by atoms with Gasteiger partial charge in [0.2, 0.25) is 0 Å². The Morgan fingerprint density at radius 2 is 1.90 bits per heavy atom. The molecule has 0 spiro atoms. The molecule has 3 nitrogen and oxygen atoms in total. The molecule has 0 radical (unpaired) electrons. The summed E-state index contributed by atoms with van der Waals surface area (Å²) in [6.45, 7) is 6.42. The zero-order valence-electron chi connectivity index (χ0n) is 12.9. The van der Waals surface area contributed by atoms with E-state index in [0.717, 1.165) is 31.2 Å². The van der Waals surface area contributed by atoms with Gasteiger partial charge < -0.3 is 10.0 Å². The van der Waals surface area contributed by atoms with Gasteiger partial charge in [-0.2, -0.15) is 0 Å². The number of benzene rings is 1. The molecule has 0 saturated heterocycles. The third-order valence-corrected chi connectivity index (χ3v) is 4.63. The standard InChI is InChI=1S/C17H25NO2/c1-12-5-6-13(11-15(12)19)16(20)18(4)14-7-9-17(2,3)10-8-14/h5-6,11,14,19H,7-10H2,1-4H3. The van der Waals surface area contributed by atoms with Crippen LogP contribution in [0.4, 0.5) is 0 Å². The maximum absolute atomic E-state index is 12.5. The zero-order chi connectivity index (χ0) is 14.9. The Hall–Kier alpha value is -1.51. The Balaban J connectivity index is 2.07. The Morgan fingerprint density at radius 3 is 2.45 bits per heavy atom. The second kappa shape index (κ2) is 5.47. The first-order valence-electron chi connectivity index (χ1n) is 7.37. The average Bonchev–Trinajstić information content (AvgIpc) is 2.40. The molecular weight excluding hydrogens is 250 g/mol. The van der Waals surface area contributed by atoms with Crippen molar-refractivity contribution in [1.29, 1.82) is 0 Å². The summed E-state index contributed by atoms with van der Waals surface area (Å²) in [5.41, 5.74) is 1.77. The molecular formula is C17H25NO2. The molecule has 1 N–H and O–H groups in total. The fourth-order valence-electron chi connectivity index (χ4n) is 2.88. The number of phenolic OH excluding ortho intramolecular Hbond substituents is 1. The van der Waals surface area contributed by atoms with Crippen LogP contribution >= 0.6 is 0 Å². The van der Waals surface area contributed by atoms with Gasteiger partial charge in [-0.15, -0.1) is 0 Å². The first-order chi connectivity index (χ1) is 9.30. The highest BCUT2D eigenvalue weighted by Crippen LogP contribution is 2.37. The number of carbonyl (C=O) groups is 1. The van der Waals surface area contributed by atoms with E-state index in [4.69, 9.17) is 0 Å². The van der Waals surface area contributed by atoms with Crippen LogP contribution in [0, 0.1) is 12.3 Å². The summed E-state index contributed by atoms with van der Waals surface area (Å²) in [7, 11) is 1.88. The lowest BCUT2D eigenvalue weighted by molar-refractivity contribution is 0.0635. The summed E-state index contributed by atoms with van der Waals surface area (Å²) in [6, 6.07) is 5.47. The van der Waals surface area contributed by atoms with E-state index in [-0.39, 0.29) is 11.7 Å². The molecule has 2 rings (SSSR count).